The van der Waals surface area contributed by atoms with E-state index in [1.54, 1.807) is 27.6 Å². The minimum atomic E-state index is -3.30. The van der Waals surface area contributed by atoms with Crippen LogP contribution in [-0.2, 0) is 21.2 Å². The van der Waals surface area contributed by atoms with Gasteiger partial charge in [-0.25, -0.2) is 22.6 Å². The Labute approximate surface area is 208 Å². The maximum atomic E-state index is 14.9. The number of amides is 1. The van der Waals surface area contributed by atoms with Gasteiger partial charge in [0.2, 0.25) is 0 Å². The fraction of sp³-hybridized carbons (Fsp3) is 0.185. The summed E-state index contributed by atoms with van der Waals surface area (Å²) in [6.07, 6.45) is 6.78. The van der Waals surface area contributed by atoms with Crippen LogP contribution in [0.25, 0.3) is 22.5 Å². The zero-order valence-corrected chi connectivity index (χ0v) is 20.4. The van der Waals surface area contributed by atoms with Crippen molar-refractivity contribution in [2.75, 3.05) is 19.3 Å². The van der Waals surface area contributed by atoms with Crippen molar-refractivity contribution >= 4 is 27.2 Å². The summed E-state index contributed by atoms with van der Waals surface area (Å²) >= 11 is 0. The van der Waals surface area contributed by atoms with Gasteiger partial charge < -0.3 is 14.0 Å². The maximum absolute atomic E-state index is 14.9. The van der Waals surface area contributed by atoms with Crippen molar-refractivity contribution in [3.05, 3.63) is 96.1 Å². The molecule has 1 aliphatic rings. The fourth-order valence-corrected chi connectivity index (χ4v) is 4.78. The quantitative estimate of drug-likeness (QED) is 0.383. The van der Waals surface area contributed by atoms with Gasteiger partial charge in [0.15, 0.2) is 21.3 Å². The van der Waals surface area contributed by atoms with E-state index in [0.29, 0.717) is 36.3 Å². The first-order chi connectivity index (χ1) is 17.3. The summed E-state index contributed by atoms with van der Waals surface area (Å²) in [6.45, 7) is 1.07. The average Bonchev–Trinajstić information content (AvgIpc) is 3.33. The van der Waals surface area contributed by atoms with Crippen molar-refractivity contribution in [3.63, 3.8) is 0 Å². The number of hydrogen-bond acceptors (Lipinski definition) is 5. The number of carbonyl (C=O) groups excluding carboxylic acids is 1. The third-order valence-corrected chi connectivity index (χ3v) is 7.26. The number of halogens is 1. The van der Waals surface area contributed by atoms with Crippen LogP contribution < -0.4 is 0 Å². The van der Waals surface area contributed by atoms with Crippen molar-refractivity contribution in [1.82, 2.24) is 14.3 Å². The van der Waals surface area contributed by atoms with Gasteiger partial charge in [-0.1, -0.05) is 48.5 Å². The zero-order valence-electron chi connectivity index (χ0n) is 19.6. The normalized spacial score (nSPS) is 14.1. The molecule has 9 heteroatoms. The van der Waals surface area contributed by atoms with Crippen LogP contribution in [0.15, 0.2) is 84.0 Å². The van der Waals surface area contributed by atoms with E-state index in [0.717, 1.165) is 17.4 Å². The number of fused-ring (bicyclic) bond motifs is 1. The first kappa shape index (κ1) is 23.7. The fourth-order valence-electron chi connectivity index (χ4n) is 4.15. The molecule has 0 radical (unpaired) electrons. The predicted octanol–water partition coefficient (Wildman–Crippen LogP) is 4.97. The van der Waals surface area contributed by atoms with Crippen LogP contribution in [0, 0.1) is 5.82 Å². The highest BCUT2D eigenvalue weighted by Gasteiger charge is 2.20. The van der Waals surface area contributed by atoms with E-state index in [2.05, 4.69) is 4.98 Å². The molecule has 3 heterocycles. The van der Waals surface area contributed by atoms with Crippen molar-refractivity contribution in [2.45, 2.75) is 17.9 Å². The van der Waals surface area contributed by atoms with Gasteiger partial charge in [0.1, 0.15) is 6.61 Å². The number of sulfone groups is 1. The van der Waals surface area contributed by atoms with Gasteiger partial charge in [-0.3, -0.25) is 0 Å². The van der Waals surface area contributed by atoms with Crippen LogP contribution >= 0.6 is 0 Å². The summed E-state index contributed by atoms with van der Waals surface area (Å²) in [7, 11) is -3.30. The van der Waals surface area contributed by atoms with Crippen molar-refractivity contribution in [2.24, 2.45) is 0 Å². The lowest BCUT2D eigenvalue weighted by Crippen LogP contribution is -2.35. The summed E-state index contributed by atoms with van der Waals surface area (Å²) in [4.78, 5) is 18.7. The van der Waals surface area contributed by atoms with Crippen molar-refractivity contribution in [3.8, 4) is 11.3 Å². The van der Waals surface area contributed by atoms with Crippen molar-refractivity contribution in [1.29, 1.82) is 0 Å². The van der Waals surface area contributed by atoms with E-state index in [1.165, 1.54) is 18.2 Å². The van der Waals surface area contributed by atoms with E-state index in [-0.39, 0.29) is 23.2 Å². The van der Waals surface area contributed by atoms with E-state index in [1.807, 2.05) is 42.6 Å². The van der Waals surface area contributed by atoms with Crippen LogP contribution in [0.4, 0.5) is 9.18 Å². The molecule has 1 aliphatic heterocycles. The molecule has 0 saturated heterocycles. The molecule has 1 amide bonds. The molecule has 184 valence electrons. The minimum absolute atomic E-state index is 0.184. The Kier molecular flexibility index (Phi) is 6.32. The molecule has 0 fully saturated rings. The second-order valence-electron chi connectivity index (χ2n) is 8.70. The van der Waals surface area contributed by atoms with Crippen LogP contribution in [0.3, 0.4) is 0 Å². The molecule has 0 spiro atoms. The Balaban J connectivity index is 1.31. The summed E-state index contributed by atoms with van der Waals surface area (Å²) < 4.78 is 45.4. The molecule has 5 rings (SSSR count). The Morgan fingerprint density at radius 3 is 2.47 bits per heavy atom. The Hall–Kier alpha value is -3.98. The number of hydrogen-bond donors (Lipinski definition) is 0. The first-order valence-corrected chi connectivity index (χ1v) is 13.3. The summed E-state index contributed by atoms with van der Waals surface area (Å²) in [5.41, 5.74) is 3.99. The van der Waals surface area contributed by atoms with Gasteiger partial charge in [-0.15, -0.1) is 0 Å². The monoisotopic (exact) mass is 505 g/mol. The molecular weight excluding hydrogens is 481 g/mol. The lowest BCUT2D eigenvalue weighted by atomic mass is 10.0. The number of ether oxygens (including phenoxy) is 1. The molecule has 0 atom stereocenters. The third kappa shape index (κ3) is 5.01. The predicted molar refractivity (Wildman–Crippen MR) is 134 cm³/mol. The van der Waals surface area contributed by atoms with E-state index in [4.69, 9.17) is 4.74 Å². The van der Waals surface area contributed by atoms with Crippen molar-refractivity contribution < 1.29 is 22.3 Å². The van der Waals surface area contributed by atoms with Gasteiger partial charge in [0, 0.05) is 37.3 Å². The standard InChI is InChI=1S/C27H24FN3O4S/c1-36(33,34)23-9-7-21(8-10-23)25-17-31-16-22(15-24(28)26(31)29-25)20-11-13-30(14-12-20)27(32)35-18-19-5-3-2-4-6-19/h2-11,15-17H,12-14,18H2,1H3. The number of benzene rings is 2. The molecule has 4 aromatic rings. The summed E-state index contributed by atoms with van der Waals surface area (Å²) in [5.74, 6) is -0.461. The minimum Gasteiger partial charge on any atom is -0.445 e. The Morgan fingerprint density at radius 1 is 1.06 bits per heavy atom. The molecular formula is C27H24FN3O4S. The number of imidazole rings is 1. The van der Waals surface area contributed by atoms with E-state index >= 15 is 0 Å². The summed E-state index contributed by atoms with van der Waals surface area (Å²) in [5, 5.41) is 0. The second-order valence-corrected chi connectivity index (χ2v) is 10.7. The number of pyridine rings is 1. The smallest absolute Gasteiger partial charge is 0.410 e. The highest BCUT2D eigenvalue weighted by Crippen LogP contribution is 2.27. The average molecular weight is 506 g/mol. The first-order valence-electron chi connectivity index (χ1n) is 11.4. The molecule has 0 bridgehead atoms. The maximum Gasteiger partial charge on any atom is 0.410 e. The van der Waals surface area contributed by atoms with Gasteiger partial charge >= 0.3 is 6.09 Å². The largest absolute Gasteiger partial charge is 0.445 e. The number of nitrogens with zero attached hydrogens (tertiary/aromatic N) is 3. The Bertz CT molecular complexity index is 1560. The zero-order chi connectivity index (χ0) is 25.3. The molecule has 0 saturated carbocycles. The van der Waals surface area contributed by atoms with E-state index in [9.17, 15) is 17.6 Å². The highest BCUT2D eigenvalue weighted by atomic mass is 32.2. The van der Waals surface area contributed by atoms with Crippen LogP contribution in [0.2, 0.25) is 0 Å². The molecule has 0 N–H and O–H groups in total. The number of carbonyl (C=O) groups is 1. The molecule has 7 nitrogen and oxygen atoms in total. The van der Waals surface area contributed by atoms with Gasteiger partial charge in [0.05, 0.1) is 10.6 Å². The molecule has 0 aliphatic carbocycles. The SMILES string of the molecule is CS(=O)(=O)c1ccc(-c2cn3cc(C4=CCN(C(=O)OCc5ccccc5)CC4)cc(F)c3n2)cc1. The van der Waals surface area contributed by atoms with Crippen LogP contribution in [-0.4, -0.2) is 48.1 Å². The molecule has 2 aromatic carbocycles. The number of aromatic nitrogens is 2. The number of rotatable bonds is 5. The molecule has 2 aromatic heterocycles. The van der Waals surface area contributed by atoms with Gasteiger partial charge in [-0.05, 0) is 41.3 Å². The molecule has 36 heavy (non-hydrogen) atoms. The third-order valence-electron chi connectivity index (χ3n) is 6.13. The highest BCUT2D eigenvalue weighted by molar-refractivity contribution is 7.90. The van der Waals surface area contributed by atoms with E-state index < -0.39 is 15.7 Å². The summed E-state index contributed by atoms with van der Waals surface area (Å²) in [6, 6.07) is 17.3. The lowest BCUT2D eigenvalue weighted by Gasteiger charge is -2.26. The van der Waals surface area contributed by atoms with Gasteiger partial charge in [-0.2, -0.15) is 0 Å². The Morgan fingerprint density at radius 2 is 1.81 bits per heavy atom. The van der Waals surface area contributed by atoms with Crippen LogP contribution in [0.1, 0.15) is 17.5 Å². The molecule has 0 unspecified atom stereocenters. The topological polar surface area (TPSA) is 81.0 Å². The van der Waals surface area contributed by atoms with Crippen LogP contribution in [0.5, 0.6) is 0 Å². The lowest BCUT2D eigenvalue weighted by molar-refractivity contribution is 0.0998. The second kappa shape index (κ2) is 9.58. The van der Waals surface area contributed by atoms with Gasteiger partial charge in [0.25, 0.3) is 0 Å².